The highest BCUT2D eigenvalue weighted by atomic mass is 32.2. The number of likely N-dealkylation sites (tertiary alicyclic amines) is 1. The third-order valence-electron chi connectivity index (χ3n) is 6.38. The van der Waals surface area contributed by atoms with Crippen molar-refractivity contribution in [2.24, 2.45) is 0 Å². The molecule has 2 saturated heterocycles. The van der Waals surface area contributed by atoms with Crippen LogP contribution in [0, 0.1) is 0 Å². The number of hydrogen-bond acceptors (Lipinski definition) is 4. The smallest absolute Gasteiger partial charge is 0.243 e. The molecule has 0 bridgehead atoms. The third kappa shape index (κ3) is 4.93. The first kappa shape index (κ1) is 21.8. The molecule has 0 aliphatic carbocycles. The number of sulfonamides is 1. The average Bonchev–Trinajstić information content (AvgIpc) is 3.51. The minimum atomic E-state index is -3.39. The zero-order chi connectivity index (χ0) is 21.8. The molecule has 2 fully saturated rings. The van der Waals surface area contributed by atoms with E-state index in [2.05, 4.69) is 12.1 Å². The molecule has 6 nitrogen and oxygen atoms in total. The summed E-state index contributed by atoms with van der Waals surface area (Å²) in [6.45, 7) is 2.73. The molecule has 0 N–H and O–H groups in total. The van der Waals surface area contributed by atoms with Crippen LogP contribution in [0.5, 0.6) is 5.75 Å². The third-order valence-corrected chi connectivity index (χ3v) is 8.29. The first-order valence-corrected chi connectivity index (χ1v) is 12.4. The lowest BCUT2D eigenvalue weighted by Gasteiger charge is -2.17. The molecule has 0 radical (unpaired) electrons. The van der Waals surface area contributed by atoms with Crippen molar-refractivity contribution in [3.8, 4) is 5.75 Å². The Morgan fingerprint density at radius 3 is 2.32 bits per heavy atom. The largest absolute Gasteiger partial charge is 0.497 e. The molecular formula is C24H30N2O4S. The summed E-state index contributed by atoms with van der Waals surface area (Å²) in [4.78, 5) is 15.0. The van der Waals surface area contributed by atoms with Crippen molar-refractivity contribution in [3.63, 3.8) is 0 Å². The second-order valence-electron chi connectivity index (χ2n) is 8.35. The van der Waals surface area contributed by atoms with Gasteiger partial charge in [0.05, 0.1) is 12.0 Å². The van der Waals surface area contributed by atoms with Crippen molar-refractivity contribution in [3.05, 3.63) is 59.7 Å². The van der Waals surface area contributed by atoms with Crippen LogP contribution in [-0.2, 0) is 21.2 Å². The second-order valence-corrected chi connectivity index (χ2v) is 10.3. The topological polar surface area (TPSA) is 66.9 Å². The molecule has 4 rings (SSSR count). The zero-order valence-corrected chi connectivity index (χ0v) is 18.8. The summed E-state index contributed by atoms with van der Waals surface area (Å²) >= 11 is 0. The summed E-state index contributed by atoms with van der Waals surface area (Å²) in [6, 6.07) is 15.1. The Labute approximate surface area is 184 Å². The number of ether oxygens (including phenoxy) is 1. The van der Waals surface area contributed by atoms with E-state index in [0.717, 1.165) is 43.7 Å². The van der Waals surface area contributed by atoms with E-state index in [-0.39, 0.29) is 5.91 Å². The maximum Gasteiger partial charge on any atom is 0.243 e. The number of benzene rings is 2. The van der Waals surface area contributed by atoms with Gasteiger partial charge in [-0.2, -0.15) is 4.31 Å². The fraction of sp³-hybridized carbons (Fsp3) is 0.458. The van der Waals surface area contributed by atoms with Gasteiger partial charge in [-0.15, -0.1) is 0 Å². The number of carbonyl (C=O) groups excluding carboxylic acids is 1. The highest BCUT2D eigenvalue weighted by molar-refractivity contribution is 7.89. The Balaban J connectivity index is 1.29. The number of methoxy groups -OCH3 is 1. The lowest BCUT2D eigenvalue weighted by molar-refractivity contribution is -0.130. The number of amides is 1. The number of aryl methyl sites for hydroxylation is 1. The highest BCUT2D eigenvalue weighted by Crippen LogP contribution is 2.29. The molecule has 1 amide bonds. The Morgan fingerprint density at radius 1 is 1.00 bits per heavy atom. The van der Waals surface area contributed by atoms with Crippen LogP contribution in [0.2, 0.25) is 0 Å². The lowest BCUT2D eigenvalue weighted by Crippen LogP contribution is -2.28. The van der Waals surface area contributed by atoms with Gasteiger partial charge in [-0.05, 0) is 61.1 Å². The van der Waals surface area contributed by atoms with Crippen LogP contribution in [0.25, 0.3) is 0 Å². The Morgan fingerprint density at radius 2 is 1.68 bits per heavy atom. The SMILES string of the molecule is COc1ccc(C2CCN(C(=O)CCc3ccc(S(=O)(=O)N4CCCC4)cc3)C2)cc1. The number of carbonyl (C=O) groups is 1. The minimum absolute atomic E-state index is 0.157. The molecule has 0 saturated carbocycles. The molecule has 31 heavy (non-hydrogen) atoms. The molecule has 1 unspecified atom stereocenters. The standard InChI is InChI=1S/C24H30N2O4S/c1-30-22-9-7-20(8-10-22)21-14-17-25(18-21)24(27)13-6-19-4-11-23(12-5-19)31(28,29)26-15-2-3-16-26/h4-5,7-12,21H,2-3,6,13-18H2,1H3. The van der Waals surface area contributed by atoms with Crippen LogP contribution in [0.4, 0.5) is 0 Å². The summed E-state index contributed by atoms with van der Waals surface area (Å²) in [6.07, 6.45) is 3.88. The van der Waals surface area contributed by atoms with E-state index in [0.29, 0.717) is 36.7 Å². The maximum atomic E-state index is 12.7. The van der Waals surface area contributed by atoms with Gasteiger partial charge in [0, 0.05) is 38.5 Å². The number of rotatable bonds is 7. The van der Waals surface area contributed by atoms with Crippen LogP contribution in [0.3, 0.4) is 0 Å². The van der Waals surface area contributed by atoms with Crippen molar-refractivity contribution >= 4 is 15.9 Å². The summed E-state index contributed by atoms with van der Waals surface area (Å²) < 4.78 is 32.0. The minimum Gasteiger partial charge on any atom is -0.497 e. The summed E-state index contributed by atoms with van der Waals surface area (Å²) in [5.74, 6) is 1.36. The Kier molecular flexibility index (Phi) is 6.62. The molecule has 166 valence electrons. The zero-order valence-electron chi connectivity index (χ0n) is 18.0. The van der Waals surface area contributed by atoms with E-state index in [1.165, 1.54) is 5.56 Å². The van der Waals surface area contributed by atoms with Gasteiger partial charge in [0.2, 0.25) is 15.9 Å². The molecule has 2 aliphatic heterocycles. The molecule has 2 heterocycles. The lowest BCUT2D eigenvalue weighted by atomic mass is 9.98. The van der Waals surface area contributed by atoms with E-state index in [4.69, 9.17) is 4.74 Å². The molecule has 7 heteroatoms. The molecular weight excluding hydrogens is 412 g/mol. The summed E-state index contributed by atoms with van der Waals surface area (Å²) in [5, 5.41) is 0. The van der Waals surface area contributed by atoms with Gasteiger partial charge >= 0.3 is 0 Å². The van der Waals surface area contributed by atoms with Crippen molar-refractivity contribution in [1.29, 1.82) is 0 Å². The molecule has 0 spiro atoms. The van der Waals surface area contributed by atoms with Crippen LogP contribution in [-0.4, -0.2) is 56.8 Å². The predicted molar refractivity (Wildman–Crippen MR) is 120 cm³/mol. The van der Waals surface area contributed by atoms with E-state index >= 15 is 0 Å². The van der Waals surface area contributed by atoms with E-state index in [9.17, 15) is 13.2 Å². The summed E-state index contributed by atoms with van der Waals surface area (Å²) in [5.41, 5.74) is 2.23. The van der Waals surface area contributed by atoms with E-state index in [1.54, 1.807) is 23.5 Å². The van der Waals surface area contributed by atoms with Crippen molar-refractivity contribution < 1.29 is 17.9 Å². The van der Waals surface area contributed by atoms with Gasteiger partial charge in [0.25, 0.3) is 0 Å². The van der Waals surface area contributed by atoms with Gasteiger partial charge in [-0.25, -0.2) is 8.42 Å². The first-order chi connectivity index (χ1) is 15.0. The Bertz CT molecular complexity index is 997. The molecule has 2 aromatic rings. The average molecular weight is 443 g/mol. The second kappa shape index (κ2) is 9.40. The van der Waals surface area contributed by atoms with E-state index in [1.807, 2.05) is 29.2 Å². The van der Waals surface area contributed by atoms with Crippen LogP contribution in [0.15, 0.2) is 53.4 Å². The number of nitrogens with zero attached hydrogens (tertiary/aromatic N) is 2. The van der Waals surface area contributed by atoms with E-state index < -0.39 is 10.0 Å². The van der Waals surface area contributed by atoms with Crippen molar-refractivity contribution in [2.45, 2.75) is 42.9 Å². The fourth-order valence-corrected chi connectivity index (χ4v) is 5.97. The molecule has 1 atom stereocenters. The van der Waals surface area contributed by atoms with Gasteiger partial charge in [-0.3, -0.25) is 4.79 Å². The van der Waals surface area contributed by atoms with Gasteiger partial charge in [-0.1, -0.05) is 24.3 Å². The quantitative estimate of drug-likeness (QED) is 0.659. The predicted octanol–water partition coefficient (Wildman–Crippen LogP) is 3.43. The summed E-state index contributed by atoms with van der Waals surface area (Å²) in [7, 11) is -1.73. The van der Waals surface area contributed by atoms with Gasteiger partial charge < -0.3 is 9.64 Å². The van der Waals surface area contributed by atoms with Crippen LogP contribution < -0.4 is 4.74 Å². The van der Waals surface area contributed by atoms with Gasteiger partial charge in [0.15, 0.2) is 0 Å². The molecule has 0 aromatic heterocycles. The number of hydrogen-bond donors (Lipinski definition) is 0. The molecule has 2 aliphatic rings. The fourth-order valence-electron chi connectivity index (χ4n) is 4.45. The van der Waals surface area contributed by atoms with Crippen molar-refractivity contribution in [2.75, 3.05) is 33.3 Å². The van der Waals surface area contributed by atoms with Crippen LogP contribution >= 0.6 is 0 Å². The first-order valence-electron chi connectivity index (χ1n) is 11.0. The van der Waals surface area contributed by atoms with Crippen molar-refractivity contribution in [1.82, 2.24) is 9.21 Å². The maximum absolute atomic E-state index is 12.7. The van der Waals surface area contributed by atoms with Gasteiger partial charge in [0.1, 0.15) is 5.75 Å². The molecule has 2 aromatic carbocycles. The van der Waals surface area contributed by atoms with Crippen LogP contribution in [0.1, 0.15) is 42.7 Å². The Hall–Kier alpha value is -2.38. The normalized spacial score (nSPS) is 19.6. The monoisotopic (exact) mass is 442 g/mol. The highest BCUT2D eigenvalue weighted by Gasteiger charge is 2.28.